The summed E-state index contributed by atoms with van der Waals surface area (Å²) in [5.74, 6) is 0. The van der Waals surface area contributed by atoms with Crippen molar-refractivity contribution in [2.75, 3.05) is 0 Å². The lowest BCUT2D eigenvalue weighted by molar-refractivity contribution is -0.137. The summed E-state index contributed by atoms with van der Waals surface area (Å²) in [6, 6.07) is 1.05. The maximum atomic E-state index is 12.3. The van der Waals surface area contributed by atoms with Gasteiger partial charge in [0.25, 0.3) is 0 Å². The van der Waals surface area contributed by atoms with Gasteiger partial charge in [-0.3, -0.25) is 0 Å². The number of thiazole rings is 1. The van der Waals surface area contributed by atoms with E-state index in [0.29, 0.717) is 14.3 Å². The van der Waals surface area contributed by atoms with Crippen LogP contribution < -0.4 is 0 Å². The molecule has 0 radical (unpaired) electrons. The van der Waals surface area contributed by atoms with Gasteiger partial charge in [-0.15, -0.1) is 11.3 Å². The highest BCUT2D eigenvalue weighted by molar-refractivity contribution is 9.11. The van der Waals surface area contributed by atoms with Crippen molar-refractivity contribution in [2.45, 2.75) is 6.18 Å². The Labute approximate surface area is 88.9 Å². The molecule has 0 spiro atoms. The van der Waals surface area contributed by atoms with Crippen LogP contribution in [0.2, 0.25) is 0 Å². The minimum Gasteiger partial charge on any atom is -0.235 e. The van der Waals surface area contributed by atoms with Gasteiger partial charge in [0.1, 0.15) is 0 Å². The average molecular weight is 283 g/mol. The minimum absolute atomic E-state index is 0.329. The van der Waals surface area contributed by atoms with Crippen molar-refractivity contribution < 1.29 is 13.2 Å². The Hall–Kier alpha value is -0.690. The second-order valence-electron chi connectivity index (χ2n) is 2.51. The molecule has 0 aliphatic rings. The summed E-state index contributed by atoms with van der Waals surface area (Å²) in [5.41, 5.74) is -0.420. The zero-order valence-corrected chi connectivity index (χ0v) is 8.87. The molecule has 2 aromatic rings. The number of nitrogens with zero attached hydrogens (tertiary/aromatic N) is 2. The van der Waals surface area contributed by atoms with Crippen LogP contribution in [0.4, 0.5) is 13.2 Å². The number of aromatic nitrogens is 2. The van der Waals surface area contributed by atoms with Gasteiger partial charge in [-0.05, 0) is 22.0 Å². The molecule has 0 amide bonds. The Morgan fingerprint density at radius 2 is 2.07 bits per heavy atom. The molecule has 0 saturated heterocycles. The van der Waals surface area contributed by atoms with Crippen LogP contribution in [0, 0.1) is 0 Å². The highest BCUT2D eigenvalue weighted by atomic mass is 79.9. The molecular weight excluding hydrogens is 281 g/mol. The van der Waals surface area contributed by atoms with Gasteiger partial charge in [0.05, 0.1) is 10.3 Å². The summed E-state index contributed by atoms with van der Waals surface area (Å²) in [6.07, 6.45) is -3.56. The Morgan fingerprint density at radius 3 is 2.71 bits per heavy atom. The van der Waals surface area contributed by atoms with E-state index in [9.17, 15) is 13.2 Å². The van der Waals surface area contributed by atoms with Crippen molar-refractivity contribution in [3.63, 3.8) is 0 Å². The van der Waals surface area contributed by atoms with Gasteiger partial charge >= 0.3 is 6.18 Å². The normalized spacial score (nSPS) is 12.3. The number of alkyl halides is 3. The molecule has 2 nitrogen and oxygen atoms in total. The largest absolute Gasteiger partial charge is 0.417 e. The van der Waals surface area contributed by atoms with Crippen LogP contribution in [0.5, 0.6) is 0 Å². The average Bonchev–Trinajstić information content (AvgIpc) is 2.41. The fourth-order valence-corrected chi connectivity index (χ4v) is 2.33. The van der Waals surface area contributed by atoms with E-state index >= 15 is 0 Å². The van der Waals surface area contributed by atoms with Crippen LogP contribution in [-0.4, -0.2) is 9.97 Å². The summed E-state index contributed by atoms with van der Waals surface area (Å²) >= 11 is 4.21. The molecule has 14 heavy (non-hydrogen) atoms. The first-order valence-electron chi connectivity index (χ1n) is 3.46. The molecular formula is C7H2BrF3N2S. The van der Waals surface area contributed by atoms with Crippen molar-refractivity contribution in [1.29, 1.82) is 0 Å². The lowest BCUT2D eigenvalue weighted by atomic mass is 10.3. The van der Waals surface area contributed by atoms with Crippen molar-refractivity contribution in [3.8, 4) is 0 Å². The van der Waals surface area contributed by atoms with E-state index in [4.69, 9.17) is 0 Å². The van der Waals surface area contributed by atoms with Crippen LogP contribution in [0.1, 0.15) is 5.56 Å². The Kier molecular flexibility index (Phi) is 2.23. The Morgan fingerprint density at radius 1 is 1.36 bits per heavy atom. The van der Waals surface area contributed by atoms with Gasteiger partial charge in [0, 0.05) is 6.20 Å². The lowest BCUT2D eigenvalue weighted by Gasteiger charge is -2.04. The second-order valence-corrected chi connectivity index (χ2v) is 4.82. The highest BCUT2D eigenvalue weighted by Gasteiger charge is 2.31. The molecule has 0 aromatic carbocycles. The number of hydrogen-bond donors (Lipinski definition) is 0. The SMILES string of the molecule is FC(F)(F)c1cnc2nc(Br)sc2c1. The molecule has 2 rings (SSSR count). The van der Waals surface area contributed by atoms with Crippen molar-refractivity contribution in [1.82, 2.24) is 9.97 Å². The van der Waals surface area contributed by atoms with Gasteiger partial charge in [-0.25, -0.2) is 9.97 Å². The van der Waals surface area contributed by atoms with E-state index in [1.165, 1.54) is 0 Å². The van der Waals surface area contributed by atoms with E-state index in [1.807, 2.05) is 0 Å². The van der Waals surface area contributed by atoms with E-state index in [1.54, 1.807) is 0 Å². The first kappa shape index (κ1) is 9.85. The van der Waals surface area contributed by atoms with Crippen LogP contribution in [0.3, 0.4) is 0 Å². The molecule has 0 saturated carbocycles. The van der Waals surface area contributed by atoms with Gasteiger partial charge in [-0.2, -0.15) is 13.2 Å². The summed E-state index contributed by atoms with van der Waals surface area (Å²) in [4.78, 5) is 7.51. The molecule has 2 aromatic heterocycles. The fraction of sp³-hybridized carbons (Fsp3) is 0.143. The highest BCUT2D eigenvalue weighted by Crippen LogP contribution is 2.32. The predicted octanol–water partition coefficient (Wildman–Crippen LogP) is 3.47. The number of hydrogen-bond acceptors (Lipinski definition) is 3. The number of fused-ring (bicyclic) bond motifs is 1. The van der Waals surface area contributed by atoms with Crippen LogP contribution in [0.15, 0.2) is 16.2 Å². The third-order valence-electron chi connectivity index (χ3n) is 1.55. The molecule has 0 aliphatic carbocycles. The Bertz CT molecular complexity index is 479. The standard InChI is InChI=1S/C7H2BrF3N2S/c8-6-13-5-4(14-6)1-3(2-12-5)7(9,10)11/h1-2H. The number of rotatable bonds is 0. The zero-order valence-electron chi connectivity index (χ0n) is 6.47. The van der Waals surface area contributed by atoms with Gasteiger partial charge in [0.2, 0.25) is 0 Å². The summed E-state index contributed by atoms with van der Waals surface area (Å²) in [6.45, 7) is 0. The topological polar surface area (TPSA) is 25.8 Å². The molecule has 74 valence electrons. The third kappa shape index (κ3) is 1.74. The molecule has 0 unspecified atom stereocenters. The molecule has 2 heterocycles. The smallest absolute Gasteiger partial charge is 0.235 e. The molecule has 0 atom stereocenters. The molecule has 0 N–H and O–H groups in total. The molecule has 0 bridgehead atoms. The van der Waals surface area contributed by atoms with Gasteiger partial charge in [-0.1, -0.05) is 0 Å². The molecule has 0 fully saturated rings. The number of pyridine rings is 1. The summed E-state index contributed by atoms with van der Waals surface area (Å²) in [7, 11) is 0. The first-order chi connectivity index (χ1) is 6.47. The second kappa shape index (κ2) is 3.16. The van der Waals surface area contributed by atoms with Crippen LogP contribution in [0.25, 0.3) is 10.3 Å². The van der Waals surface area contributed by atoms with Crippen LogP contribution >= 0.6 is 27.3 Å². The zero-order chi connectivity index (χ0) is 10.3. The monoisotopic (exact) mass is 282 g/mol. The van der Waals surface area contributed by atoms with E-state index in [2.05, 4.69) is 25.9 Å². The van der Waals surface area contributed by atoms with Crippen molar-refractivity contribution >= 4 is 37.6 Å². The lowest BCUT2D eigenvalue weighted by Crippen LogP contribution is -2.04. The Balaban J connectivity index is 2.62. The molecule has 7 heteroatoms. The van der Waals surface area contributed by atoms with Gasteiger partial charge < -0.3 is 0 Å². The van der Waals surface area contributed by atoms with Crippen molar-refractivity contribution in [3.05, 3.63) is 21.7 Å². The minimum atomic E-state index is -4.35. The molecule has 0 aliphatic heterocycles. The van der Waals surface area contributed by atoms with Crippen molar-refractivity contribution in [2.24, 2.45) is 0 Å². The maximum absolute atomic E-state index is 12.3. The summed E-state index contributed by atoms with van der Waals surface area (Å²) in [5, 5.41) is 0. The fourth-order valence-electron chi connectivity index (χ4n) is 0.948. The van der Waals surface area contributed by atoms with Crippen LogP contribution in [-0.2, 0) is 6.18 Å². The van der Waals surface area contributed by atoms with E-state index < -0.39 is 11.7 Å². The van der Waals surface area contributed by atoms with E-state index in [0.717, 1.165) is 23.6 Å². The van der Waals surface area contributed by atoms with E-state index in [-0.39, 0.29) is 0 Å². The quantitative estimate of drug-likeness (QED) is 0.739. The number of halogens is 4. The predicted molar refractivity (Wildman–Crippen MR) is 50.1 cm³/mol. The summed E-state index contributed by atoms with van der Waals surface area (Å²) < 4.78 is 37.7. The maximum Gasteiger partial charge on any atom is 0.417 e. The first-order valence-corrected chi connectivity index (χ1v) is 5.07. The third-order valence-corrected chi connectivity index (χ3v) is 2.99. The van der Waals surface area contributed by atoms with Gasteiger partial charge in [0.15, 0.2) is 9.56 Å².